The van der Waals surface area contributed by atoms with Crippen LogP contribution in [0.3, 0.4) is 0 Å². The van der Waals surface area contributed by atoms with E-state index in [-0.39, 0.29) is 6.61 Å². The van der Waals surface area contributed by atoms with Gasteiger partial charge in [-0.05, 0) is 14.1 Å². The summed E-state index contributed by atoms with van der Waals surface area (Å²) in [7, 11) is 3.83. The normalized spacial score (nSPS) is 11.9. The van der Waals surface area contributed by atoms with Crippen molar-refractivity contribution >= 4 is 5.97 Å². The van der Waals surface area contributed by atoms with Crippen molar-refractivity contribution in [3.05, 3.63) is 0 Å². The molecule has 0 aromatic rings. The quantitative estimate of drug-likeness (QED) is 0.371. The predicted octanol–water partition coefficient (Wildman–Crippen LogP) is -0.164. The molecule has 5 nitrogen and oxygen atoms in total. The van der Waals surface area contributed by atoms with E-state index < -0.39 is 11.8 Å². The first-order valence-electron chi connectivity index (χ1n) is 4.48. The number of esters is 1. The molecule has 0 unspecified atom stereocenters. The summed E-state index contributed by atoms with van der Waals surface area (Å²) in [6, 6.07) is 0. The van der Waals surface area contributed by atoms with Gasteiger partial charge >= 0.3 is 5.97 Å². The molecular weight excluding hydrogens is 186 g/mol. The molecule has 0 radical (unpaired) electrons. The van der Waals surface area contributed by atoms with E-state index in [2.05, 4.69) is 4.74 Å². The molecule has 0 rings (SSSR count). The summed E-state index contributed by atoms with van der Waals surface area (Å²) in [5.74, 6) is -1.99. The van der Waals surface area contributed by atoms with Crippen molar-refractivity contribution in [1.29, 1.82) is 0 Å². The summed E-state index contributed by atoms with van der Waals surface area (Å²) in [5, 5.41) is 9.13. The molecule has 0 aliphatic rings. The van der Waals surface area contributed by atoms with Gasteiger partial charge in [-0.2, -0.15) is 0 Å². The van der Waals surface area contributed by atoms with Crippen LogP contribution in [0.1, 0.15) is 13.8 Å². The van der Waals surface area contributed by atoms with Gasteiger partial charge in [-0.15, -0.1) is 0 Å². The summed E-state index contributed by atoms with van der Waals surface area (Å²) in [6.07, 6.45) is 0. The first kappa shape index (κ1) is 13.4. The number of carbonyl (C=O) groups excluding carboxylic acids is 1. The van der Waals surface area contributed by atoms with E-state index >= 15 is 0 Å². The van der Waals surface area contributed by atoms with Crippen LogP contribution in [0, 0.1) is 0 Å². The van der Waals surface area contributed by atoms with Crippen molar-refractivity contribution in [1.82, 2.24) is 4.90 Å². The van der Waals surface area contributed by atoms with Crippen LogP contribution in [-0.2, 0) is 14.3 Å². The highest BCUT2D eigenvalue weighted by molar-refractivity contribution is 5.71. The maximum atomic E-state index is 11.0. The van der Waals surface area contributed by atoms with Crippen LogP contribution in [0.25, 0.3) is 0 Å². The van der Waals surface area contributed by atoms with E-state index in [0.29, 0.717) is 6.61 Å². The zero-order valence-corrected chi connectivity index (χ0v) is 9.24. The smallest absolute Gasteiger partial charge is 0.334 e. The highest BCUT2D eigenvalue weighted by Gasteiger charge is 2.17. The molecule has 0 bridgehead atoms. The number of ether oxygens (including phenoxy) is 2. The minimum atomic E-state index is -1.43. The van der Waals surface area contributed by atoms with Crippen molar-refractivity contribution in [2.45, 2.75) is 19.6 Å². The monoisotopic (exact) mass is 205 g/mol. The Morgan fingerprint density at radius 2 is 2.00 bits per heavy atom. The third-order valence-corrected chi connectivity index (χ3v) is 1.27. The molecule has 0 saturated heterocycles. The first-order chi connectivity index (χ1) is 6.31. The summed E-state index contributed by atoms with van der Waals surface area (Å²) >= 11 is 0. The van der Waals surface area contributed by atoms with Crippen LogP contribution in [-0.4, -0.2) is 55.6 Å². The average Bonchev–Trinajstić information content (AvgIpc) is 1.94. The second-order valence-electron chi connectivity index (χ2n) is 3.78. The minimum Gasteiger partial charge on any atom is -0.432 e. The fourth-order valence-corrected chi connectivity index (χ4v) is 0.711. The molecule has 0 aromatic carbocycles. The molecule has 0 aliphatic heterocycles. The Kier molecular flexibility index (Phi) is 5.68. The molecule has 84 valence electrons. The van der Waals surface area contributed by atoms with Crippen LogP contribution < -0.4 is 0 Å². The maximum absolute atomic E-state index is 11.0. The lowest BCUT2D eigenvalue weighted by molar-refractivity contribution is -0.199. The Balaban J connectivity index is 3.46. The second-order valence-corrected chi connectivity index (χ2v) is 3.78. The lowest BCUT2D eigenvalue weighted by Crippen LogP contribution is -2.30. The summed E-state index contributed by atoms with van der Waals surface area (Å²) in [5.41, 5.74) is 0. The highest BCUT2D eigenvalue weighted by atomic mass is 16.7. The van der Waals surface area contributed by atoms with Crippen LogP contribution in [0.15, 0.2) is 0 Å². The van der Waals surface area contributed by atoms with Crippen molar-refractivity contribution < 1.29 is 19.4 Å². The third-order valence-electron chi connectivity index (χ3n) is 1.27. The van der Waals surface area contributed by atoms with Crippen LogP contribution in [0.5, 0.6) is 0 Å². The summed E-state index contributed by atoms with van der Waals surface area (Å²) in [4.78, 5) is 12.9. The number of hydrogen-bond donors (Lipinski definition) is 1. The number of carbonyl (C=O) groups is 1. The van der Waals surface area contributed by atoms with Gasteiger partial charge in [0, 0.05) is 20.4 Å². The fraction of sp³-hybridized carbons (Fsp3) is 0.889. The Hall–Kier alpha value is -0.650. The average molecular weight is 205 g/mol. The van der Waals surface area contributed by atoms with E-state index in [1.165, 1.54) is 13.8 Å². The van der Waals surface area contributed by atoms with Gasteiger partial charge in [0.15, 0.2) is 0 Å². The van der Waals surface area contributed by atoms with Gasteiger partial charge in [0.25, 0.3) is 0 Å². The molecule has 0 atom stereocenters. The largest absolute Gasteiger partial charge is 0.432 e. The van der Waals surface area contributed by atoms with Crippen molar-refractivity contribution in [2.24, 2.45) is 0 Å². The summed E-state index contributed by atoms with van der Waals surface area (Å²) < 4.78 is 9.65. The zero-order chi connectivity index (χ0) is 11.2. The van der Waals surface area contributed by atoms with Crippen molar-refractivity contribution in [2.75, 3.05) is 33.9 Å². The van der Waals surface area contributed by atoms with E-state index in [0.717, 1.165) is 6.54 Å². The molecule has 0 saturated carbocycles. The van der Waals surface area contributed by atoms with Gasteiger partial charge in [-0.3, -0.25) is 0 Å². The van der Waals surface area contributed by atoms with Gasteiger partial charge in [0.05, 0.1) is 6.61 Å². The standard InChI is InChI=1S/C9H19NO4/c1-9(2,12)14-8(11)7-13-6-5-10(3)4/h12H,5-7H2,1-4H3. The number of rotatable bonds is 6. The van der Waals surface area contributed by atoms with Crippen molar-refractivity contribution in [3.63, 3.8) is 0 Å². The van der Waals surface area contributed by atoms with Crippen LogP contribution >= 0.6 is 0 Å². The fourth-order valence-electron chi connectivity index (χ4n) is 0.711. The Morgan fingerprint density at radius 3 is 2.43 bits per heavy atom. The first-order valence-corrected chi connectivity index (χ1v) is 4.48. The SMILES string of the molecule is CN(C)CCOCC(=O)OC(C)(C)O. The minimum absolute atomic E-state index is 0.127. The number of aliphatic hydroxyl groups is 1. The van der Waals surface area contributed by atoms with Gasteiger partial charge in [0.2, 0.25) is 5.79 Å². The molecule has 1 N–H and O–H groups in total. The number of hydrogen-bond acceptors (Lipinski definition) is 5. The lowest BCUT2D eigenvalue weighted by Gasteiger charge is -2.18. The number of likely N-dealkylation sites (N-methyl/N-ethyl adjacent to an activating group) is 1. The van der Waals surface area contributed by atoms with Gasteiger partial charge in [-0.1, -0.05) is 0 Å². The lowest BCUT2D eigenvalue weighted by atomic mass is 10.4. The third kappa shape index (κ3) is 9.44. The molecular formula is C9H19NO4. The molecule has 5 heteroatoms. The van der Waals surface area contributed by atoms with Crippen molar-refractivity contribution in [3.8, 4) is 0 Å². The van der Waals surface area contributed by atoms with E-state index in [9.17, 15) is 4.79 Å². The summed E-state index contributed by atoms with van der Waals surface area (Å²) in [6.45, 7) is 3.87. The number of nitrogens with zero attached hydrogens (tertiary/aromatic N) is 1. The second kappa shape index (κ2) is 5.95. The predicted molar refractivity (Wildman–Crippen MR) is 51.8 cm³/mol. The zero-order valence-electron chi connectivity index (χ0n) is 9.24. The van der Waals surface area contributed by atoms with Gasteiger partial charge in [0.1, 0.15) is 6.61 Å². The topological polar surface area (TPSA) is 59.0 Å². The maximum Gasteiger partial charge on any atom is 0.334 e. The molecule has 0 aliphatic carbocycles. The molecule has 14 heavy (non-hydrogen) atoms. The molecule has 0 aromatic heterocycles. The molecule has 0 heterocycles. The Bertz CT molecular complexity index is 174. The van der Waals surface area contributed by atoms with Crippen LogP contribution in [0.2, 0.25) is 0 Å². The highest BCUT2D eigenvalue weighted by Crippen LogP contribution is 2.02. The van der Waals surface area contributed by atoms with Gasteiger partial charge in [-0.25, -0.2) is 4.79 Å². The van der Waals surface area contributed by atoms with E-state index in [1.807, 2.05) is 19.0 Å². The van der Waals surface area contributed by atoms with E-state index in [1.54, 1.807) is 0 Å². The molecule has 0 fully saturated rings. The molecule has 0 spiro atoms. The van der Waals surface area contributed by atoms with Crippen LogP contribution in [0.4, 0.5) is 0 Å². The Morgan fingerprint density at radius 1 is 1.43 bits per heavy atom. The van der Waals surface area contributed by atoms with Gasteiger partial charge < -0.3 is 19.5 Å². The Labute approximate surface area is 84.6 Å². The van der Waals surface area contributed by atoms with E-state index in [4.69, 9.17) is 9.84 Å². The molecule has 0 amide bonds.